The molecular formula is C32H29NO3. The van der Waals surface area contributed by atoms with E-state index in [1.165, 1.54) is 40.8 Å². The molecule has 0 unspecified atom stereocenters. The predicted octanol–water partition coefficient (Wildman–Crippen LogP) is 6.62. The van der Waals surface area contributed by atoms with Gasteiger partial charge in [-0.2, -0.15) is 0 Å². The maximum absolute atomic E-state index is 13.1. The number of nitrogens with zero attached hydrogens (tertiary/aromatic N) is 1. The van der Waals surface area contributed by atoms with Gasteiger partial charge in [-0.15, -0.1) is 0 Å². The molecule has 0 radical (unpaired) electrons. The third-order valence-electron chi connectivity index (χ3n) is 7.95. The topological polar surface area (TPSA) is 38.8 Å². The third-order valence-corrected chi connectivity index (χ3v) is 7.95. The number of allylic oxidation sites excluding steroid dienone is 8. The lowest BCUT2D eigenvalue weighted by atomic mass is 9.86. The monoisotopic (exact) mass is 475 g/mol. The Hall–Kier alpha value is -3.79. The van der Waals surface area contributed by atoms with Crippen LogP contribution >= 0.6 is 0 Å². The van der Waals surface area contributed by atoms with Gasteiger partial charge >= 0.3 is 0 Å². The van der Waals surface area contributed by atoms with Crippen molar-refractivity contribution < 1.29 is 14.3 Å². The average molecular weight is 476 g/mol. The van der Waals surface area contributed by atoms with Gasteiger partial charge in [-0.1, -0.05) is 24.3 Å². The Morgan fingerprint density at radius 1 is 0.917 bits per heavy atom. The number of rotatable bonds is 1. The van der Waals surface area contributed by atoms with Crippen molar-refractivity contribution in [3.05, 3.63) is 111 Å². The Kier molecular flexibility index (Phi) is 4.85. The fourth-order valence-corrected chi connectivity index (χ4v) is 6.36. The fourth-order valence-electron chi connectivity index (χ4n) is 6.36. The maximum Gasteiger partial charge on any atom is 0.190 e. The van der Waals surface area contributed by atoms with E-state index in [0.717, 1.165) is 65.5 Å². The van der Waals surface area contributed by atoms with E-state index in [4.69, 9.17) is 9.47 Å². The van der Waals surface area contributed by atoms with Gasteiger partial charge in [0.05, 0.1) is 0 Å². The molecule has 180 valence electrons. The van der Waals surface area contributed by atoms with E-state index in [1.807, 2.05) is 49.4 Å². The first kappa shape index (κ1) is 21.5. The van der Waals surface area contributed by atoms with E-state index >= 15 is 0 Å². The summed E-state index contributed by atoms with van der Waals surface area (Å²) in [5, 5.41) is 0. The molecular weight excluding hydrogens is 446 g/mol. The lowest BCUT2D eigenvalue weighted by Crippen LogP contribution is -2.35. The van der Waals surface area contributed by atoms with Gasteiger partial charge < -0.3 is 14.4 Å². The molecule has 4 nitrogen and oxygen atoms in total. The minimum atomic E-state index is 0.113. The molecule has 2 aromatic rings. The molecule has 0 N–H and O–H groups in total. The predicted molar refractivity (Wildman–Crippen MR) is 142 cm³/mol. The number of anilines is 1. The zero-order valence-corrected chi connectivity index (χ0v) is 20.8. The molecule has 4 heterocycles. The van der Waals surface area contributed by atoms with Crippen molar-refractivity contribution in [1.29, 1.82) is 0 Å². The summed E-state index contributed by atoms with van der Waals surface area (Å²) in [6, 6.07) is 10.2. The summed E-state index contributed by atoms with van der Waals surface area (Å²) >= 11 is 0. The molecule has 0 amide bonds. The number of carbonyl (C=O) groups is 1. The third kappa shape index (κ3) is 3.39. The molecule has 0 aromatic heterocycles. The second-order valence-corrected chi connectivity index (χ2v) is 10.4. The van der Waals surface area contributed by atoms with E-state index in [1.54, 1.807) is 0 Å². The first-order valence-electron chi connectivity index (χ1n) is 13.0. The number of ketones is 1. The summed E-state index contributed by atoms with van der Waals surface area (Å²) < 4.78 is 12.7. The van der Waals surface area contributed by atoms with Crippen molar-refractivity contribution in [2.45, 2.75) is 46.0 Å². The number of Topliss-reactive ketones (excluding diaryl/α,β-unsaturated/α-hetero) is 1. The number of carbonyl (C=O) groups excluding carboxylic acids is 1. The Morgan fingerprint density at radius 2 is 1.75 bits per heavy atom. The Labute approximate surface area is 211 Å². The van der Waals surface area contributed by atoms with Crippen LogP contribution in [0.3, 0.4) is 0 Å². The van der Waals surface area contributed by atoms with Crippen LogP contribution in [0, 0.1) is 0 Å². The van der Waals surface area contributed by atoms with E-state index in [9.17, 15) is 4.79 Å². The van der Waals surface area contributed by atoms with Crippen LogP contribution in [0.25, 0.3) is 5.57 Å². The van der Waals surface area contributed by atoms with Crippen LogP contribution in [-0.2, 0) is 24.0 Å². The highest BCUT2D eigenvalue weighted by molar-refractivity contribution is 6.14. The Balaban J connectivity index is 1.27. The summed E-state index contributed by atoms with van der Waals surface area (Å²) in [6.45, 7) is 6.38. The normalized spacial score (nSPS) is 23.2. The largest absolute Gasteiger partial charge is 0.462 e. The zero-order chi connectivity index (χ0) is 24.4. The molecule has 0 bridgehead atoms. The van der Waals surface area contributed by atoms with Crippen LogP contribution in [0.2, 0.25) is 0 Å². The van der Waals surface area contributed by atoms with E-state index in [0.29, 0.717) is 12.2 Å². The lowest BCUT2D eigenvalue weighted by molar-refractivity contribution is 0.103. The number of hydrogen-bond acceptors (Lipinski definition) is 4. The number of ether oxygens (including phenoxy) is 2. The molecule has 0 saturated carbocycles. The minimum Gasteiger partial charge on any atom is -0.462 e. The van der Waals surface area contributed by atoms with Crippen molar-refractivity contribution in [2.75, 3.05) is 18.0 Å². The molecule has 0 fully saturated rings. The summed E-state index contributed by atoms with van der Waals surface area (Å²) in [5.41, 5.74) is 10.3. The first-order chi connectivity index (χ1) is 17.5. The quantitative estimate of drug-likeness (QED) is 0.435. The highest BCUT2D eigenvalue weighted by Gasteiger charge is 2.31. The van der Waals surface area contributed by atoms with Crippen molar-refractivity contribution in [2.24, 2.45) is 0 Å². The summed E-state index contributed by atoms with van der Waals surface area (Å²) in [6.07, 6.45) is 13.3. The van der Waals surface area contributed by atoms with Crippen LogP contribution in [0.1, 0.15) is 59.3 Å². The highest BCUT2D eigenvalue weighted by atomic mass is 16.5. The van der Waals surface area contributed by atoms with E-state index < -0.39 is 0 Å². The standard InChI is InChI=1S/C32H29NO3/c1-19-13-24(36-32-27-10-6-12-33-11-5-8-22(30(27)33)17-28(19)32)18-25-15-23(14-20(2)35-25)29-16-21-7-3-4-9-26(21)31(29)34/h3-4,7,9,13-15,17-18H,5-6,8,10-12,16H2,1-2H3/b24-18+,29-23+. The van der Waals surface area contributed by atoms with Gasteiger partial charge in [0.1, 0.15) is 23.0 Å². The lowest BCUT2D eigenvalue weighted by Gasteiger charge is -2.39. The SMILES string of the molecule is CC1=C/C(=C2/Cc3ccccc3C2=O)C=C(/C=C2\C=C(C)c3cc4c5c(c3O2)CCCN5CCC4)O1. The summed E-state index contributed by atoms with van der Waals surface area (Å²) in [4.78, 5) is 15.6. The fraction of sp³-hybridized carbons (Fsp3) is 0.281. The minimum absolute atomic E-state index is 0.113. The number of benzene rings is 2. The second-order valence-electron chi connectivity index (χ2n) is 10.4. The van der Waals surface area contributed by atoms with Crippen molar-refractivity contribution >= 4 is 17.0 Å². The van der Waals surface area contributed by atoms with Gasteiger partial charge in [0, 0.05) is 53.5 Å². The van der Waals surface area contributed by atoms with Crippen molar-refractivity contribution in [3.8, 4) is 5.75 Å². The molecule has 5 aliphatic rings. The van der Waals surface area contributed by atoms with Gasteiger partial charge in [0.15, 0.2) is 5.78 Å². The van der Waals surface area contributed by atoms with Gasteiger partial charge in [0.2, 0.25) is 0 Å². The summed E-state index contributed by atoms with van der Waals surface area (Å²) in [5.74, 6) is 3.36. The van der Waals surface area contributed by atoms with Gasteiger partial charge in [0.25, 0.3) is 0 Å². The van der Waals surface area contributed by atoms with Crippen LogP contribution < -0.4 is 9.64 Å². The van der Waals surface area contributed by atoms with Crippen LogP contribution in [0.5, 0.6) is 5.75 Å². The van der Waals surface area contributed by atoms with Crippen molar-refractivity contribution in [1.82, 2.24) is 0 Å². The second kappa shape index (κ2) is 8.12. The number of fused-ring (bicyclic) bond motifs is 3. The molecule has 1 aliphatic carbocycles. The smallest absolute Gasteiger partial charge is 0.190 e. The van der Waals surface area contributed by atoms with E-state index in [-0.39, 0.29) is 5.78 Å². The number of hydrogen-bond donors (Lipinski definition) is 0. The Bertz CT molecular complexity index is 1500. The highest BCUT2D eigenvalue weighted by Crippen LogP contribution is 2.47. The molecule has 0 spiro atoms. The number of aryl methyl sites for hydroxylation is 1. The van der Waals surface area contributed by atoms with Crippen LogP contribution in [0.4, 0.5) is 5.69 Å². The van der Waals surface area contributed by atoms with Gasteiger partial charge in [-0.3, -0.25) is 4.79 Å². The molecule has 0 atom stereocenters. The van der Waals surface area contributed by atoms with E-state index in [2.05, 4.69) is 24.0 Å². The summed E-state index contributed by atoms with van der Waals surface area (Å²) in [7, 11) is 0. The van der Waals surface area contributed by atoms with Gasteiger partial charge in [-0.25, -0.2) is 0 Å². The average Bonchev–Trinajstić information content (AvgIpc) is 3.21. The molecule has 0 saturated heterocycles. The van der Waals surface area contributed by atoms with Crippen LogP contribution in [-0.4, -0.2) is 18.9 Å². The molecule has 7 rings (SSSR count). The molecule has 2 aromatic carbocycles. The van der Waals surface area contributed by atoms with Gasteiger partial charge in [-0.05, 0) is 86.1 Å². The maximum atomic E-state index is 13.1. The molecule has 4 aliphatic heterocycles. The molecule has 4 heteroatoms. The van der Waals surface area contributed by atoms with Crippen molar-refractivity contribution in [3.63, 3.8) is 0 Å². The Morgan fingerprint density at radius 3 is 2.61 bits per heavy atom. The zero-order valence-electron chi connectivity index (χ0n) is 20.8. The van der Waals surface area contributed by atoms with Crippen LogP contribution in [0.15, 0.2) is 83.1 Å². The molecule has 36 heavy (non-hydrogen) atoms. The first-order valence-corrected chi connectivity index (χ1v) is 13.0.